The molecule has 0 radical (unpaired) electrons. The number of hydrogen-bond acceptors (Lipinski definition) is 3. The summed E-state index contributed by atoms with van der Waals surface area (Å²) in [5.41, 5.74) is 1.23. The van der Waals surface area contributed by atoms with Crippen LogP contribution in [0.4, 0.5) is 8.78 Å². The number of halogens is 2. The van der Waals surface area contributed by atoms with Crippen molar-refractivity contribution < 1.29 is 18.3 Å². The number of pyridine rings is 1. The minimum absolute atomic E-state index is 0.0204. The maximum absolute atomic E-state index is 11.9. The Morgan fingerprint density at radius 1 is 1.53 bits per heavy atom. The van der Waals surface area contributed by atoms with Crippen molar-refractivity contribution in [1.82, 2.24) is 4.98 Å². The van der Waals surface area contributed by atoms with E-state index in [1.54, 1.807) is 18.3 Å². The van der Waals surface area contributed by atoms with Crippen molar-refractivity contribution in [3.05, 3.63) is 36.2 Å². The van der Waals surface area contributed by atoms with E-state index in [0.29, 0.717) is 23.6 Å². The summed E-state index contributed by atoms with van der Waals surface area (Å²) in [7, 11) is 0. The fraction of sp³-hybridized carbons (Fsp3) is 0.417. The molecule has 0 aromatic carbocycles. The van der Waals surface area contributed by atoms with Crippen LogP contribution in [0.15, 0.2) is 24.9 Å². The molecule has 5 heteroatoms. The molecular weight excluding hydrogens is 228 g/mol. The summed E-state index contributed by atoms with van der Waals surface area (Å²) in [5.74, 6) is 0.469. The van der Waals surface area contributed by atoms with E-state index in [-0.39, 0.29) is 6.61 Å². The maximum Gasteiger partial charge on any atom is 0.261 e. The molecular formula is C12H15F2NO2. The molecule has 1 aromatic rings. The van der Waals surface area contributed by atoms with E-state index < -0.39 is 13.0 Å². The van der Waals surface area contributed by atoms with Crippen molar-refractivity contribution in [2.24, 2.45) is 0 Å². The summed E-state index contributed by atoms with van der Waals surface area (Å²) in [5, 5.41) is 0. The van der Waals surface area contributed by atoms with E-state index in [1.807, 2.05) is 6.92 Å². The van der Waals surface area contributed by atoms with Gasteiger partial charge in [0.25, 0.3) is 6.43 Å². The second-order valence-corrected chi connectivity index (χ2v) is 3.26. The Kier molecular flexibility index (Phi) is 5.56. The molecule has 0 amide bonds. The minimum Gasteiger partial charge on any atom is -0.494 e. The van der Waals surface area contributed by atoms with Gasteiger partial charge in [-0.3, -0.25) is 4.98 Å². The van der Waals surface area contributed by atoms with Crippen molar-refractivity contribution in [3.8, 4) is 0 Å². The summed E-state index contributed by atoms with van der Waals surface area (Å²) >= 11 is 0. The topological polar surface area (TPSA) is 31.4 Å². The molecule has 0 aliphatic carbocycles. The molecule has 0 saturated carbocycles. The van der Waals surface area contributed by atoms with E-state index in [1.165, 1.54) is 0 Å². The first-order valence-electron chi connectivity index (χ1n) is 5.27. The lowest BCUT2D eigenvalue weighted by Gasteiger charge is -2.11. The van der Waals surface area contributed by atoms with E-state index in [0.717, 1.165) is 0 Å². The second kappa shape index (κ2) is 6.96. The molecule has 0 bridgehead atoms. The first-order chi connectivity index (χ1) is 8.15. The SMILES string of the molecule is C=C(OCC)c1cccnc1COCC(F)F. The number of rotatable bonds is 7. The Morgan fingerprint density at radius 2 is 2.29 bits per heavy atom. The lowest BCUT2D eigenvalue weighted by molar-refractivity contribution is 0.00869. The highest BCUT2D eigenvalue weighted by molar-refractivity contribution is 5.59. The molecule has 0 spiro atoms. The fourth-order valence-corrected chi connectivity index (χ4v) is 1.30. The van der Waals surface area contributed by atoms with Gasteiger partial charge in [0.2, 0.25) is 0 Å². The summed E-state index contributed by atoms with van der Waals surface area (Å²) in [6.07, 6.45) is -0.902. The normalized spacial score (nSPS) is 10.6. The zero-order chi connectivity index (χ0) is 12.7. The molecule has 1 heterocycles. The lowest BCUT2D eigenvalue weighted by Crippen LogP contribution is -2.07. The number of ether oxygens (including phenoxy) is 2. The molecule has 17 heavy (non-hydrogen) atoms. The molecule has 0 fully saturated rings. The van der Waals surface area contributed by atoms with Crippen LogP contribution in [0.2, 0.25) is 0 Å². The predicted molar refractivity (Wildman–Crippen MR) is 60.6 cm³/mol. The molecule has 3 nitrogen and oxygen atoms in total. The monoisotopic (exact) mass is 243 g/mol. The van der Waals surface area contributed by atoms with Crippen molar-refractivity contribution in [2.75, 3.05) is 13.2 Å². The average Bonchev–Trinajstić information content (AvgIpc) is 2.29. The largest absolute Gasteiger partial charge is 0.494 e. The summed E-state index contributed by atoms with van der Waals surface area (Å²) < 4.78 is 34.0. The molecule has 0 atom stereocenters. The quantitative estimate of drug-likeness (QED) is 0.690. The Hall–Kier alpha value is -1.49. The van der Waals surface area contributed by atoms with Gasteiger partial charge < -0.3 is 9.47 Å². The van der Waals surface area contributed by atoms with Crippen molar-refractivity contribution in [2.45, 2.75) is 20.0 Å². The standard InChI is InChI=1S/C12H15F2NO2/c1-3-17-9(2)10-5-4-6-15-11(10)7-16-8-12(13)14/h4-6,12H,2-3,7-8H2,1H3. The van der Waals surface area contributed by atoms with Gasteiger partial charge in [0.15, 0.2) is 0 Å². The van der Waals surface area contributed by atoms with E-state index in [4.69, 9.17) is 9.47 Å². The number of aromatic nitrogens is 1. The van der Waals surface area contributed by atoms with Gasteiger partial charge in [-0.05, 0) is 19.1 Å². The van der Waals surface area contributed by atoms with Gasteiger partial charge in [0.05, 0.1) is 18.9 Å². The molecule has 0 N–H and O–H groups in total. The van der Waals surface area contributed by atoms with Crippen LogP contribution >= 0.6 is 0 Å². The first kappa shape index (κ1) is 13.6. The van der Waals surface area contributed by atoms with Crippen LogP contribution in [-0.2, 0) is 16.1 Å². The van der Waals surface area contributed by atoms with Crippen LogP contribution < -0.4 is 0 Å². The zero-order valence-electron chi connectivity index (χ0n) is 9.66. The van der Waals surface area contributed by atoms with E-state index >= 15 is 0 Å². The predicted octanol–water partition coefficient (Wildman–Crippen LogP) is 2.87. The van der Waals surface area contributed by atoms with Gasteiger partial charge in [0.1, 0.15) is 12.4 Å². The van der Waals surface area contributed by atoms with Crippen molar-refractivity contribution in [1.29, 1.82) is 0 Å². The van der Waals surface area contributed by atoms with Crippen LogP contribution in [0.3, 0.4) is 0 Å². The molecule has 1 aromatic heterocycles. The zero-order valence-corrected chi connectivity index (χ0v) is 9.66. The Balaban J connectivity index is 2.67. The second-order valence-electron chi connectivity index (χ2n) is 3.26. The average molecular weight is 243 g/mol. The summed E-state index contributed by atoms with van der Waals surface area (Å²) in [6, 6.07) is 3.50. The molecule has 94 valence electrons. The van der Waals surface area contributed by atoms with Crippen molar-refractivity contribution >= 4 is 5.76 Å². The maximum atomic E-state index is 11.9. The smallest absolute Gasteiger partial charge is 0.261 e. The molecule has 1 rings (SSSR count). The molecule has 0 aliphatic heterocycles. The molecule has 0 aliphatic rings. The third kappa shape index (κ3) is 4.48. The third-order valence-electron chi connectivity index (χ3n) is 1.99. The van der Waals surface area contributed by atoms with Gasteiger partial charge in [-0.2, -0.15) is 0 Å². The Bertz CT molecular complexity index is 369. The fourth-order valence-electron chi connectivity index (χ4n) is 1.30. The van der Waals surface area contributed by atoms with Crippen molar-refractivity contribution in [3.63, 3.8) is 0 Å². The summed E-state index contributed by atoms with van der Waals surface area (Å²) in [6.45, 7) is 5.51. The first-order valence-corrected chi connectivity index (χ1v) is 5.27. The van der Waals surface area contributed by atoms with Gasteiger partial charge in [0, 0.05) is 11.8 Å². The highest BCUT2D eigenvalue weighted by atomic mass is 19.3. The van der Waals surface area contributed by atoms with Crippen LogP contribution in [0.5, 0.6) is 0 Å². The third-order valence-corrected chi connectivity index (χ3v) is 1.99. The van der Waals surface area contributed by atoms with Crippen LogP contribution in [0.1, 0.15) is 18.2 Å². The lowest BCUT2D eigenvalue weighted by atomic mass is 10.2. The highest BCUT2D eigenvalue weighted by Gasteiger charge is 2.09. The van der Waals surface area contributed by atoms with E-state index in [9.17, 15) is 8.78 Å². The summed E-state index contributed by atoms with van der Waals surface area (Å²) in [4.78, 5) is 4.07. The van der Waals surface area contributed by atoms with Crippen LogP contribution in [0.25, 0.3) is 5.76 Å². The number of nitrogens with zero attached hydrogens (tertiary/aromatic N) is 1. The number of hydrogen-bond donors (Lipinski definition) is 0. The van der Waals surface area contributed by atoms with Crippen LogP contribution in [-0.4, -0.2) is 24.6 Å². The van der Waals surface area contributed by atoms with Crippen LogP contribution in [0, 0.1) is 0 Å². The van der Waals surface area contributed by atoms with Gasteiger partial charge in [-0.15, -0.1) is 0 Å². The molecule has 0 saturated heterocycles. The number of alkyl halides is 2. The minimum atomic E-state index is -2.47. The Labute approximate surface area is 99.1 Å². The van der Waals surface area contributed by atoms with Gasteiger partial charge in [-0.25, -0.2) is 8.78 Å². The van der Waals surface area contributed by atoms with Gasteiger partial charge in [-0.1, -0.05) is 6.58 Å². The molecule has 0 unspecified atom stereocenters. The van der Waals surface area contributed by atoms with E-state index in [2.05, 4.69) is 11.6 Å². The Morgan fingerprint density at radius 3 is 2.94 bits per heavy atom. The van der Waals surface area contributed by atoms with Gasteiger partial charge >= 0.3 is 0 Å². The highest BCUT2D eigenvalue weighted by Crippen LogP contribution is 2.17.